The molecule has 0 saturated heterocycles. The lowest BCUT2D eigenvalue weighted by Crippen LogP contribution is -2.15. The highest BCUT2D eigenvalue weighted by Crippen LogP contribution is 2.42. The van der Waals surface area contributed by atoms with Crippen molar-refractivity contribution in [2.75, 3.05) is 13.2 Å². The minimum atomic E-state index is -0.447. The summed E-state index contributed by atoms with van der Waals surface area (Å²) in [5.41, 5.74) is 0.844. The normalized spacial score (nSPS) is 15.3. The van der Waals surface area contributed by atoms with Gasteiger partial charge >= 0.3 is 0 Å². The topological polar surface area (TPSA) is 31.6 Å². The van der Waals surface area contributed by atoms with Crippen LogP contribution in [0.4, 0.5) is 0 Å². The molecule has 3 rings (SSSR count). The third kappa shape index (κ3) is 2.57. The highest BCUT2D eigenvalue weighted by Gasteiger charge is 2.22. The van der Waals surface area contributed by atoms with Crippen LogP contribution in [0.15, 0.2) is 33.2 Å². The van der Waals surface area contributed by atoms with Crippen LogP contribution in [-0.4, -0.2) is 13.2 Å². The average molecular weight is 364 g/mol. The summed E-state index contributed by atoms with van der Waals surface area (Å²) in [5, 5.41) is -0.132. The molecule has 0 aliphatic carbocycles. The lowest BCUT2D eigenvalue weighted by atomic mass is 10.1. The summed E-state index contributed by atoms with van der Waals surface area (Å²) in [7, 11) is 0. The van der Waals surface area contributed by atoms with Crippen molar-refractivity contribution in [1.82, 2.24) is 0 Å². The van der Waals surface area contributed by atoms with Gasteiger partial charge in [0.25, 0.3) is 0 Å². The van der Waals surface area contributed by atoms with Crippen molar-refractivity contribution >= 4 is 39.1 Å². The second kappa shape index (κ2) is 5.27. The van der Waals surface area contributed by atoms with Crippen LogP contribution in [0.3, 0.4) is 0 Å². The monoisotopic (exact) mass is 362 g/mol. The van der Waals surface area contributed by atoms with Gasteiger partial charge in [-0.1, -0.05) is 15.9 Å². The first-order valence-electron chi connectivity index (χ1n) is 5.63. The summed E-state index contributed by atoms with van der Waals surface area (Å²) in [6.07, 6.45) is 0. The van der Waals surface area contributed by atoms with E-state index >= 15 is 0 Å². The van der Waals surface area contributed by atoms with Gasteiger partial charge in [0.15, 0.2) is 16.7 Å². The molecule has 1 aromatic heterocycles. The van der Waals surface area contributed by atoms with E-state index in [1.54, 1.807) is 12.1 Å². The molecule has 1 atom stereocenters. The lowest BCUT2D eigenvalue weighted by Gasteiger charge is -2.20. The second-order valence-corrected chi connectivity index (χ2v) is 5.69. The number of fused-ring (bicyclic) bond motifs is 1. The van der Waals surface area contributed by atoms with Gasteiger partial charge in [-0.2, -0.15) is 0 Å². The smallest absolute Gasteiger partial charge is 0.193 e. The van der Waals surface area contributed by atoms with E-state index in [1.165, 1.54) is 0 Å². The van der Waals surface area contributed by atoms with Gasteiger partial charge in [-0.3, -0.25) is 0 Å². The predicted molar refractivity (Wildman–Crippen MR) is 76.5 cm³/mol. The third-order valence-corrected chi connectivity index (χ3v) is 4.12. The zero-order valence-corrected chi connectivity index (χ0v) is 12.8. The Balaban J connectivity index is 2.00. The Morgan fingerprint density at radius 1 is 1.11 bits per heavy atom. The molecule has 1 unspecified atom stereocenters. The summed E-state index contributed by atoms with van der Waals surface area (Å²) in [5.74, 6) is 1.99. The number of furan rings is 1. The fourth-order valence-electron chi connectivity index (χ4n) is 1.89. The average Bonchev–Trinajstić information content (AvgIpc) is 2.84. The number of halogens is 3. The Kier molecular flexibility index (Phi) is 3.65. The quantitative estimate of drug-likeness (QED) is 0.718. The van der Waals surface area contributed by atoms with Gasteiger partial charge in [-0.05, 0) is 41.4 Å². The molecule has 0 amide bonds. The molecule has 0 fully saturated rings. The maximum Gasteiger partial charge on any atom is 0.193 e. The minimum absolute atomic E-state index is 0.314. The van der Waals surface area contributed by atoms with Crippen LogP contribution in [0.2, 0.25) is 5.22 Å². The van der Waals surface area contributed by atoms with Crippen molar-refractivity contribution in [3.63, 3.8) is 0 Å². The zero-order valence-electron chi connectivity index (χ0n) is 9.66. The van der Waals surface area contributed by atoms with Gasteiger partial charge in [0.2, 0.25) is 0 Å². The van der Waals surface area contributed by atoms with Crippen LogP contribution in [-0.2, 0) is 0 Å². The Morgan fingerprint density at radius 3 is 2.42 bits per heavy atom. The fraction of sp³-hybridized carbons (Fsp3) is 0.231. The first-order valence-corrected chi connectivity index (χ1v) is 7.24. The predicted octanol–water partition coefficient (Wildman–Crippen LogP) is 4.79. The number of hydrogen-bond acceptors (Lipinski definition) is 3. The Labute approximate surface area is 128 Å². The molecule has 2 aromatic rings. The molecule has 100 valence electrons. The SMILES string of the molecule is Clc1ccc(C(Cl)c2cc3c(cc2Br)OCCO3)o1. The molecular formula is C13H9BrCl2O3. The molecule has 1 aliphatic rings. The molecule has 6 heteroatoms. The van der Waals surface area contributed by atoms with Crippen LogP contribution in [0, 0.1) is 0 Å². The molecule has 0 saturated carbocycles. The number of alkyl halides is 1. The highest BCUT2D eigenvalue weighted by atomic mass is 79.9. The van der Waals surface area contributed by atoms with Crippen molar-refractivity contribution in [1.29, 1.82) is 0 Å². The molecule has 1 aliphatic heterocycles. The molecule has 0 radical (unpaired) electrons. The van der Waals surface area contributed by atoms with Crippen LogP contribution >= 0.6 is 39.1 Å². The van der Waals surface area contributed by atoms with Gasteiger partial charge in [0.1, 0.15) is 24.4 Å². The van der Waals surface area contributed by atoms with E-state index in [9.17, 15) is 0 Å². The fourth-order valence-corrected chi connectivity index (χ4v) is 3.02. The summed E-state index contributed by atoms with van der Waals surface area (Å²) >= 11 is 15.7. The van der Waals surface area contributed by atoms with Gasteiger partial charge in [-0.25, -0.2) is 0 Å². The summed E-state index contributed by atoms with van der Waals surface area (Å²) < 4.78 is 17.2. The van der Waals surface area contributed by atoms with Gasteiger partial charge < -0.3 is 13.9 Å². The van der Waals surface area contributed by atoms with Crippen molar-refractivity contribution in [2.45, 2.75) is 5.38 Å². The molecule has 0 bridgehead atoms. The largest absolute Gasteiger partial charge is 0.486 e. The van der Waals surface area contributed by atoms with E-state index in [4.69, 9.17) is 37.1 Å². The van der Waals surface area contributed by atoms with Crippen molar-refractivity contribution in [2.24, 2.45) is 0 Å². The molecule has 0 N–H and O–H groups in total. The Bertz CT molecular complexity index is 612. The molecular weight excluding hydrogens is 355 g/mol. The second-order valence-electron chi connectivity index (χ2n) is 4.02. The number of benzene rings is 1. The van der Waals surface area contributed by atoms with E-state index in [2.05, 4.69) is 15.9 Å². The van der Waals surface area contributed by atoms with Crippen molar-refractivity contribution in [3.05, 3.63) is 45.3 Å². The number of ether oxygens (including phenoxy) is 2. The third-order valence-electron chi connectivity index (χ3n) is 2.78. The molecule has 19 heavy (non-hydrogen) atoms. The van der Waals surface area contributed by atoms with Crippen LogP contribution in [0.1, 0.15) is 16.7 Å². The molecule has 0 spiro atoms. The maximum absolute atomic E-state index is 6.41. The standard InChI is InChI=1S/C13H9BrCl2O3/c14-8-6-11-10(17-3-4-18-11)5-7(8)13(16)9-1-2-12(15)19-9/h1-2,5-6,13H,3-4H2. The summed E-state index contributed by atoms with van der Waals surface area (Å²) in [6.45, 7) is 1.09. The Morgan fingerprint density at radius 2 is 1.79 bits per heavy atom. The summed E-state index contributed by atoms with van der Waals surface area (Å²) in [4.78, 5) is 0. The minimum Gasteiger partial charge on any atom is -0.486 e. The van der Waals surface area contributed by atoms with Crippen molar-refractivity contribution < 1.29 is 13.9 Å². The van der Waals surface area contributed by atoms with Crippen LogP contribution < -0.4 is 9.47 Å². The lowest BCUT2D eigenvalue weighted by molar-refractivity contribution is 0.171. The molecule has 1 aromatic carbocycles. The number of rotatable bonds is 2. The Hall–Kier alpha value is -0.840. The van der Waals surface area contributed by atoms with Crippen molar-refractivity contribution in [3.8, 4) is 11.5 Å². The number of hydrogen-bond donors (Lipinski definition) is 0. The first-order chi connectivity index (χ1) is 9.15. The van der Waals surface area contributed by atoms with E-state index in [-0.39, 0.29) is 0 Å². The van der Waals surface area contributed by atoms with Crippen LogP contribution in [0.5, 0.6) is 11.5 Å². The van der Waals surface area contributed by atoms with Gasteiger partial charge in [-0.15, -0.1) is 11.6 Å². The molecule has 3 nitrogen and oxygen atoms in total. The van der Waals surface area contributed by atoms with E-state index in [0.717, 1.165) is 10.0 Å². The first kappa shape index (κ1) is 13.2. The molecule has 2 heterocycles. The van der Waals surface area contributed by atoms with Gasteiger partial charge in [0, 0.05) is 4.47 Å². The van der Waals surface area contributed by atoms with E-state index < -0.39 is 5.38 Å². The van der Waals surface area contributed by atoms with Gasteiger partial charge in [0.05, 0.1) is 0 Å². The summed E-state index contributed by atoms with van der Waals surface area (Å²) in [6, 6.07) is 7.12. The van der Waals surface area contributed by atoms with Crippen LogP contribution in [0.25, 0.3) is 0 Å². The maximum atomic E-state index is 6.41. The highest BCUT2D eigenvalue weighted by molar-refractivity contribution is 9.10. The zero-order chi connectivity index (χ0) is 13.4. The van der Waals surface area contributed by atoms with E-state index in [1.807, 2.05) is 12.1 Å². The van der Waals surface area contributed by atoms with E-state index in [0.29, 0.717) is 35.7 Å².